The van der Waals surface area contributed by atoms with Gasteiger partial charge in [-0.05, 0) is 18.8 Å². The summed E-state index contributed by atoms with van der Waals surface area (Å²) in [5.74, 6) is 0.689. The number of halogens is 1. The lowest BCUT2D eigenvalue weighted by Gasteiger charge is -2.21. The molecule has 1 atom stereocenters. The van der Waals surface area contributed by atoms with Crippen molar-refractivity contribution in [3.63, 3.8) is 0 Å². The van der Waals surface area contributed by atoms with Crippen molar-refractivity contribution in [3.8, 4) is 0 Å². The summed E-state index contributed by atoms with van der Waals surface area (Å²) in [4.78, 5) is 15.1. The van der Waals surface area contributed by atoms with Crippen LogP contribution in [0.4, 0.5) is 4.39 Å². The van der Waals surface area contributed by atoms with Crippen LogP contribution in [-0.2, 0) is 4.74 Å². The number of fused-ring (bicyclic) bond motifs is 1. The molecule has 3 rings (SSSR count). The monoisotopic (exact) mass is 236 g/mol. The molecule has 2 aliphatic heterocycles. The molecule has 2 heterocycles. The number of ether oxygens (including phenoxy) is 1. The van der Waals surface area contributed by atoms with E-state index in [1.165, 1.54) is 25.4 Å². The first-order chi connectivity index (χ1) is 8.25. The fourth-order valence-electron chi connectivity index (χ4n) is 2.22. The highest BCUT2D eigenvalue weighted by Gasteiger charge is 2.35. The van der Waals surface area contributed by atoms with Crippen molar-refractivity contribution >= 4 is 24.1 Å². The molecule has 6 heteroatoms. The summed E-state index contributed by atoms with van der Waals surface area (Å²) in [6.45, 7) is 0.362. The van der Waals surface area contributed by atoms with Crippen LogP contribution in [0, 0.1) is 5.92 Å². The predicted octanol–water partition coefficient (Wildman–Crippen LogP) is 1.74. The number of alkyl halides is 1. The van der Waals surface area contributed by atoms with Gasteiger partial charge in [-0.3, -0.25) is 0 Å². The van der Waals surface area contributed by atoms with Crippen LogP contribution in [-0.4, -0.2) is 36.8 Å². The van der Waals surface area contributed by atoms with Crippen LogP contribution in [0.15, 0.2) is 20.0 Å². The van der Waals surface area contributed by atoms with E-state index >= 15 is 0 Å². The van der Waals surface area contributed by atoms with E-state index in [9.17, 15) is 4.39 Å². The van der Waals surface area contributed by atoms with Gasteiger partial charge in [-0.25, -0.2) is 15.0 Å². The van der Waals surface area contributed by atoms with Gasteiger partial charge in [-0.2, -0.15) is 9.38 Å². The Kier molecular flexibility index (Phi) is 2.58. The van der Waals surface area contributed by atoms with Crippen molar-refractivity contribution in [3.05, 3.63) is 0 Å². The van der Waals surface area contributed by atoms with Gasteiger partial charge in [-0.1, -0.05) is 12.8 Å². The fourth-order valence-corrected chi connectivity index (χ4v) is 2.22. The van der Waals surface area contributed by atoms with Crippen LogP contribution in [0.1, 0.15) is 25.7 Å². The van der Waals surface area contributed by atoms with Crippen molar-refractivity contribution < 1.29 is 9.13 Å². The standard InChI is InChI=1S/C11H13FN4O/c12-11(17-6-8-3-1-2-4-8)15-5-9-10(16-11)14-7-13-9/h5,7-8H,1-4,6H2. The van der Waals surface area contributed by atoms with Crippen LogP contribution in [0.25, 0.3) is 0 Å². The molecule has 1 unspecified atom stereocenters. The number of amidine groups is 1. The maximum atomic E-state index is 14.1. The van der Waals surface area contributed by atoms with E-state index < -0.39 is 6.10 Å². The molecule has 0 saturated heterocycles. The zero-order valence-corrected chi connectivity index (χ0v) is 9.34. The van der Waals surface area contributed by atoms with E-state index in [1.807, 2.05) is 0 Å². The summed E-state index contributed by atoms with van der Waals surface area (Å²) in [7, 11) is 0. The molecule has 0 N–H and O–H groups in total. The third kappa shape index (κ3) is 2.17. The molecule has 0 aromatic heterocycles. The minimum atomic E-state index is -2.31. The lowest BCUT2D eigenvalue weighted by Crippen LogP contribution is -2.32. The quantitative estimate of drug-likeness (QED) is 0.688. The topological polar surface area (TPSA) is 58.7 Å². The zero-order valence-electron chi connectivity index (χ0n) is 9.34. The van der Waals surface area contributed by atoms with Gasteiger partial charge >= 0.3 is 6.10 Å². The first kappa shape index (κ1) is 10.7. The van der Waals surface area contributed by atoms with E-state index in [4.69, 9.17) is 4.74 Å². The largest absolute Gasteiger partial charge is 0.416 e. The van der Waals surface area contributed by atoms with Gasteiger partial charge in [0, 0.05) is 0 Å². The second kappa shape index (κ2) is 4.10. The Balaban J connectivity index is 1.66. The molecular weight excluding hydrogens is 223 g/mol. The normalized spacial score (nSPS) is 31.6. The number of hydrogen-bond acceptors (Lipinski definition) is 5. The van der Waals surface area contributed by atoms with Gasteiger partial charge in [0.1, 0.15) is 12.1 Å². The molecule has 1 aliphatic carbocycles. The molecule has 0 spiro atoms. The average molecular weight is 236 g/mol. The van der Waals surface area contributed by atoms with Gasteiger partial charge in [0.05, 0.1) is 12.8 Å². The second-order valence-corrected chi connectivity index (χ2v) is 4.44. The summed E-state index contributed by atoms with van der Waals surface area (Å²) in [5, 5.41) is 0. The Bertz CT molecular complexity index is 437. The Morgan fingerprint density at radius 1 is 1.41 bits per heavy atom. The molecule has 1 fully saturated rings. The smallest absolute Gasteiger partial charge is 0.308 e. The van der Waals surface area contributed by atoms with Crippen molar-refractivity contribution in [2.24, 2.45) is 25.9 Å². The third-order valence-corrected chi connectivity index (χ3v) is 3.17. The lowest BCUT2D eigenvalue weighted by molar-refractivity contribution is -0.140. The van der Waals surface area contributed by atoms with Crippen molar-refractivity contribution in [1.29, 1.82) is 0 Å². The number of nitrogens with zero attached hydrogens (tertiary/aromatic N) is 4. The Hall–Kier alpha value is -1.43. The Morgan fingerprint density at radius 2 is 2.24 bits per heavy atom. The molecule has 1 saturated carbocycles. The molecule has 0 radical (unpaired) electrons. The van der Waals surface area contributed by atoms with Gasteiger partial charge in [0.15, 0.2) is 5.84 Å². The number of hydrogen-bond donors (Lipinski definition) is 0. The average Bonchev–Trinajstić information content (AvgIpc) is 2.96. The molecule has 0 bridgehead atoms. The predicted molar refractivity (Wildman–Crippen MR) is 63.6 cm³/mol. The SMILES string of the molecule is FC1(OCC2CCCC2)N=CC2=NC=NC2=N1. The lowest BCUT2D eigenvalue weighted by atomic mass is 10.1. The minimum Gasteiger partial charge on any atom is -0.308 e. The molecule has 5 nitrogen and oxygen atoms in total. The summed E-state index contributed by atoms with van der Waals surface area (Å²) in [6, 6.07) is 0. The highest BCUT2D eigenvalue weighted by molar-refractivity contribution is 6.65. The highest BCUT2D eigenvalue weighted by Crippen LogP contribution is 2.28. The molecular formula is C11H13FN4O. The summed E-state index contributed by atoms with van der Waals surface area (Å²) in [6.07, 6.45) is 4.95. The van der Waals surface area contributed by atoms with E-state index in [2.05, 4.69) is 20.0 Å². The van der Waals surface area contributed by atoms with Gasteiger partial charge in [-0.15, -0.1) is 0 Å². The maximum Gasteiger partial charge on any atom is 0.416 e. The zero-order chi connectivity index (χ0) is 11.7. The molecule has 0 aromatic rings. The van der Waals surface area contributed by atoms with Gasteiger partial charge in [0.2, 0.25) is 0 Å². The maximum absolute atomic E-state index is 14.1. The van der Waals surface area contributed by atoms with Crippen LogP contribution < -0.4 is 0 Å². The molecule has 3 aliphatic rings. The minimum absolute atomic E-state index is 0.258. The number of aliphatic imine (C=N–C) groups is 4. The van der Waals surface area contributed by atoms with Crippen LogP contribution >= 0.6 is 0 Å². The Labute approximate surface area is 98.2 Å². The summed E-state index contributed by atoms with van der Waals surface area (Å²) < 4.78 is 19.3. The van der Waals surface area contributed by atoms with Crippen LogP contribution in [0.3, 0.4) is 0 Å². The van der Waals surface area contributed by atoms with E-state index in [1.54, 1.807) is 0 Å². The van der Waals surface area contributed by atoms with E-state index in [0.29, 0.717) is 18.2 Å². The molecule has 90 valence electrons. The van der Waals surface area contributed by atoms with E-state index in [-0.39, 0.29) is 5.84 Å². The fraction of sp³-hybridized carbons (Fsp3) is 0.636. The van der Waals surface area contributed by atoms with Crippen molar-refractivity contribution in [2.45, 2.75) is 31.8 Å². The first-order valence-electron chi connectivity index (χ1n) is 5.84. The number of rotatable bonds is 3. The van der Waals surface area contributed by atoms with Gasteiger partial charge in [0.25, 0.3) is 0 Å². The first-order valence-corrected chi connectivity index (χ1v) is 5.84. The summed E-state index contributed by atoms with van der Waals surface area (Å²) in [5.41, 5.74) is 0.489. The Morgan fingerprint density at radius 3 is 3.06 bits per heavy atom. The third-order valence-electron chi connectivity index (χ3n) is 3.17. The van der Waals surface area contributed by atoms with E-state index in [0.717, 1.165) is 12.8 Å². The summed E-state index contributed by atoms with van der Waals surface area (Å²) >= 11 is 0. The molecule has 0 amide bonds. The molecule has 0 aromatic carbocycles. The van der Waals surface area contributed by atoms with Crippen molar-refractivity contribution in [1.82, 2.24) is 0 Å². The van der Waals surface area contributed by atoms with Gasteiger partial charge < -0.3 is 4.74 Å². The van der Waals surface area contributed by atoms with Crippen LogP contribution in [0.2, 0.25) is 0 Å². The second-order valence-electron chi connectivity index (χ2n) is 4.44. The van der Waals surface area contributed by atoms with Crippen molar-refractivity contribution in [2.75, 3.05) is 6.61 Å². The highest BCUT2D eigenvalue weighted by atomic mass is 19.2. The molecule has 17 heavy (non-hydrogen) atoms. The van der Waals surface area contributed by atoms with Crippen LogP contribution in [0.5, 0.6) is 0 Å².